The van der Waals surface area contributed by atoms with E-state index in [1.165, 1.54) is 18.4 Å². The van der Waals surface area contributed by atoms with Gasteiger partial charge in [0.05, 0.1) is 12.0 Å². The molecule has 29 heavy (non-hydrogen) atoms. The summed E-state index contributed by atoms with van der Waals surface area (Å²) < 4.78 is 7.75. The fourth-order valence-electron chi connectivity index (χ4n) is 3.36. The summed E-state index contributed by atoms with van der Waals surface area (Å²) in [6, 6.07) is 18.6. The Hall–Kier alpha value is -2.79. The molecule has 0 saturated heterocycles. The summed E-state index contributed by atoms with van der Waals surface area (Å²) in [5.41, 5.74) is 4.33. The lowest BCUT2D eigenvalue weighted by Crippen LogP contribution is -1.96. The number of nitrogens with zero attached hydrogens (tertiary/aromatic N) is 3. The van der Waals surface area contributed by atoms with Crippen LogP contribution >= 0.6 is 11.8 Å². The Morgan fingerprint density at radius 3 is 2.48 bits per heavy atom. The highest BCUT2D eigenvalue weighted by Gasteiger charge is 2.17. The Bertz CT molecular complexity index is 1070. The second-order valence-electron chi connectivity index (χ2n) is 6.79. The molecule has 2 aromatic heterocycles. The Kier molecular flexibility index (Phi) is 6.15. The summed E-state index contributed by atoms with van der Waals surface area (Å²) in [7, 11) is 0. The second kappa shape index (κ2) is 9.14. The second-order valence-corrected chi connectivity index (χ2v) is 7.87. The van der Waals surface area contributed by atoms with Crippen LogP contribution in [-0.2, 0) is 0 Å². The van der Waals surface area contributed by atoms with Crippen molar-refractivity contribution in [1.29, 1.82) is 0 Å². The molecule has 0 bridgehead atoms. The van der Waals surface area contributed by atoms with Crippen molar-refractivity contribution in [3.8, 4) is 22.6 Å². The van der Waals surface area contributed by atoms with E-state index in [2.05, 4.69) is 64.1 Å². The van der Waals surface area contributed by atoms with Crippen molar-refractivity contribution in [3.63, 3.8) is 0 Å². The maximum Gasteiger partial charge on any atom is 0.149 e. The smallest absolute Gasteiger partial charge is 0.149 e. The molecule has 0 aliphatic carbocycles. The monoisotopic (exact) mass is 403 g/mol. The highest BCUT2D eigenvalue weighted by atomic mass is 32.2. The molecular weight excluding hydrogens is 378 g/mol. The van der Waals surface area contributed by atoms with E-state index >= 15 is 0 Å². The number of unbranched alkanes of at least 4 members (excludes halogenated alkanes) is 1. The average molecular weight is 404 g/mol. The minimum absolute atomic E-state index is 0.662. The molecule has 0 aliphatic rings. The van der Waals surface area contributed by atoms with Gasteiger partial charge in [0.25, 0.3) is 0 Å². The maximum absolute atomic E-state index is 5.59. The number of ether oxygens (including phenoxy) is 1. The van der Waals surface area contributed by atoms with E-state index in [1.54, 1.807) is 6.33 Å². The van der Waals surface area contributed by atoms with Crippen molar-refractivity contribution in [2.45, 2.75) is 31.7 Å². The summed E-state index contributed by atoms with van der Waals surface area (Å²) in [6.45, 7) is 4.87. The molecule has 4 aromatic rings. The van der Waals surface area contributed by atoms with E-state index < -0.39 is 0 Å². The molecule has 0 spiro atoms. The van der Waals surface area contributed by atoms with Gasteiger partial charge in [0, 0.05) is 17.4 Å². The Labute approximate surface area is 176 Å². The van der Waals surface area contributed by atoms with Crippen LogP contribution in [0.2, 0.25) is 0 Å². The van der Waals surface area contributed by atoms with Crippen LogP contribution in [0.5, 0.6) is 5.75 Å². The van der Waals surface area contributed by atoms with Crippen molar-refractivity contribution in [1.82, 2.24) is 14.5 Å². The molecule has 0 saturated carbocycles. The van der Waals surface area contributed by atoms with Gasteiger partial charge < -0.3 is 9.30 Å². The van der Waals surface area contributed by atoms with Crippen LogP contribution in [0.1, 0.15) is 26.7 Å². The lowest BCUT2D eigenvalue weighted by molar-refractivity contribution is 0.340. The standard InChI is InChI=1S/C24H25N3OS/c1-3-5-15-29-24-22-21(18-9-7-6-8-10-18)16-27(23(22)25-17-26-24)19-11-13-20(14-12-19)28-4-2/h6-14,16-17H,3-5,15H2,1-2H3. The van der Waals surface area contributed by atoms with Crippen LogP contribution in [0.3, 0.4) is 0 Å². The summed E-state index contributed by atoms with van der Waals surface area (Å²) in [5.74, 6) is 1.94. The van der Waals surface area contributed by atoms with Crippen molar-refractivity contribution in [2.24, 2.45) is 0 Å². The Morgan fingerprint density at radius 2 is 1.76 bits per heavy atom. The van der Waals surface area contributed by atoms with E-state index in [9.17, 15) is 0 Å². The molecule has 0 atom stereocenters. The number of hydrogen-bond acceptors (Lipinski definition) is 4. The van der Waals surface area contributed by atoms with Crippen LogP contribution in [0.25, 0.3) is 27.8 Å². The Morgan fingerprint density at radius 1 is 0.966 bits per heavy atom. The van der Waals surface area contributed by atoms with Gasteiger partial charge in [-0.2, -0.15) is 0 Å². The lowest BCUT2D eigenvalue weighted by atomic mass is 10.1. The van der Waals surface area contributed by atoms with Gasteiger partial charge in [-0.05, 0) is 48.9 Å². The first-order valence-electron chi connectivity index (χ1n) is 10.1. The summed E-state index contributed by atoms with van der Waals surface area (Å²) in [5, 5.41) is 2.17. The molecule has 0 fully saturated rings. The zero-order valence-corrected chi connectivity index (χ0v) is 17.7. The summed E-state index contributed by atoms with van der Waals surface area (Å²) in [4.78, 5) is 9.29. The minimum atomic E-state index is 0.662. The number of aromatic nitrogens is 3. The molecule has 4 rings (SSSR count). The topological polar surface area (TPSA) is 39.9 Å². The van der Waals surface area contributed by atoms with Crippen LogP contribution < -0.4 is 4.74 Å². The number of rotatable bonds is 8. The highest BCUT2D eigenvalue weighted by Crippen LogP contribution is 2.37. The van der Waals surface area contributed by atoms with Crippen LogP contribution in [0, 0.1) is 0 Å². The zero-order chi connectivity index (χ0) is 20.1. The van der Waals surface area contributed by atoms with Crippen molar-refractivity contribution < 1.29 is 4.74 Å². The molecule has 2 heterocycles. The third kappa shape index (κ3) is 4.15. The van der Waals surface area contributed by atoms with Gasteiger partial charge in [-0.3, -0.25) is 0 Å². The molecule has 0 N–H and O–H groups in total. The SMILES string of the molecule is CCCCSc1ncnc2c1c(-c1ccccc1)cn2-c1ccc(OCC)cc1. The average Bonchev–Trinajstić information content (AvgIpc) is 3.16. The molecule has 0 unspecified atom stereocenters. The fourth-order valence-corrected chi connectivity index (χ4v) is 4.45. The van der Waals surface area contributed by atoms with E-state index in [0.717, 1.165) is 38.8 Å². The van der Waals surface area contributed by atoms with Gasteiger partial charge in [-0.1, -0.05) is 43.7 Å². The number of thioether (sulfide) groups is 1. The lowest BCUT2D eigenvalue weighted by Gasteiger charge is -2.07. The third-order valence-electron chi connectivity index (χ3n) is 4.80. The first-order valence-corrected chi connectivity index (χ1v) is 11.1. The van der Waals surface area contributed by atoms with Gasteiger partial charge in [-0.15, -0.1) is 11.8 Å². The molecule has 0 amide bonds. The number of benzene rings is 2. The van der Waals surface area contributed by atoms with Crippen LogP contribution in [0.4, 0.5) is 0 Å². The predicted molar refractivity (Wildman–Crippen MR) is 121 cm³/mol. The van der Waals surface area contributed by atoms with Gasteiger partial charge in [-0.25, -0.2) is 9.97 Å². The summed E-state index contributed by atoms with van der Waals surface area (Å²) >= 11 is 1.82. The molecule has 0 aliphatic heterocycles. The van der Waals surface area contributed by atoms with Gasteiger partial charge in [0.1, 0.15) is 22.7 Å². The molecule has 148 valence electrons. The van der Waals surface area contributed by atoms with E-state index in [-0.39, 0.29) is 0 Å². The molecule has 5 heteroatoms. The summed E-state index contributed by atoms with van der Waals surface area (Å²) in [6.07, 6.45) is 6.21. The maximum atomic E-state index is 5.59. The van der Waals surface area contributed by atoms with E-state index in [0.29, 0.717) is 6.61 Å². The molecule has 4 nitrogen and oxygen atoms in total. The fraction of sp³-hybridized carbons (Fsp3) is 0.250. The van der Waals surface area contributed by atoms with E-state index in [1.807, 2.05) is 36.9 Å². The van der Waals surface area contributed by atoms with Crippen molar-refractivity contribution >= 4 is 22.8 Å². The molecule has 0 radical (unpaired) electrons. The first-order chi connectivity index (χ1) is 14.3. The highest BCUT2D eigenvalue weighted by molar-refractivity contribution is 7.99. The predicted octanol–water partition coefficient (Wildman–Crippen LogP) is 6.38. The van der Waals surface area contributed by atoms with Crippen LogP contribution in [0.15, 0.2) is 72.1 Å². The van der Waals surface area contributed by atoms with Gasteiger partial charge in [0.2, 0.25) is 0 Å². The van der Waals surface area contributed by atoms with Gasteiger partial charge >= 0.3 is 0 Å². The number of fused-ring (bicyclic) bond motifs is 1. The first kappa shape index (κ1) is 19.5. The molecular formula is C24H25N3OS. The van der Waals surface area contributed by atoms with Crippen molar-refractivity contribution in [3.05, 3.63) is 67.1 Å². The van der Waals surface area contributed by atoms with Crippen molar-refractivity contribution in [2.75, 3.05) is 12.4 Å². The van der Waals surface area contributed by atoms with Crippen LogP contribution in [-0.4, -0.2) is 26.9 Å². The largest absolute Gasteiger partial charge is 0.494 e. The quantitative estimate of drug-likeness (QED) is 0.194. The van der Waals surface area contributed by atoms with E-state index in [4.69, 9.17) is 4.74 Å². The minimum Gasteiger partial charge on any atom is -0.494 e. The zero-order valence-electron chi connectivity index (χ0n) is 16.8. The number of hydrogen-bond donors (Lipinski definition) is 0. The Balaban J connectivity index is 1.86. The normalized spacial score (nSPS) is 11.1. The van der Waals surface area contributed by atoms with Gasteiger partial charge in [0.15, 0.2) is 0 Å². The molecule has 2 aromatic carbocycles. The third-order valence-corrected chi connectivity index (χ3v) is 5.87.